The fraction of sp³-hybridized carbons (Fsp3) is 0.538. The number of ether oxygens (including phenoxy) is 2. The highest BCUT2D eigenvalue weighted by atomic mass is 35.5. The third-order valence-electron chi connectivity index (χ3n) is 3.04. The Hall–Kier alpha value is -0.190. The van der Waals surface area contributed by atoms with Crippen LogP contribution in [0, 0.1) is 0 Å². The van der Waals surface area contributed by atoms with Crippen molar-refractivity contribution in [2.45, 2.75) is 38.0 Å². The number of benzene rings is 1. The van der Waals surface area contributed by atoms with E-state index in [1.807, 2.05) is 6.92 Å². The zero-order valence-corrected chi connectivity index (χ0v) is 12.8. The molecule has 0 spiro atoms. The quantitative estimate of drug-likeness (QED) is 0.893. The lowest BCUT2D eigenvalue weighted by molar-refractivity contribution is -0.0979. The van der Waals surface area contributed by atoms with Crippen LogP contribution in [-0.4, -0.2) is 24.9 Å². The normalized spacial score (nSPS) is 26.1. The van der Waals surface area contributed by atoms with Crippen LogP contribution in [-0.2, 0) is 4.74 Å². The smallest absolute Gasteiger partial charge is 0.157 e. The average molecular weight is 325 g/mol. The van der Waals surface area contributed by atoms with Gasteiger partial charge < -0.3 is 15.2 Å². The lowest BCUT2D eigenvalue weighted by Crippen LogP contribution is -2.59. The maximum atomic E-state index is 6.08. The summed E-state index contributed by atoms with van der Waals surface area (Å²) >= 11 is 18.0. The fourth-order valence-electron chi connectivity index (χ4n) is 2.01. The Morgan fingerprint density at radius 2 is 1.89 bits per heavy atom. The van der Waals surface area contributed by atoms with Gasteiger partial charge in [-0.15, -0.1) is 0 Å². The molecule has 6 heteroatoms. The van der Waals surface area contributed by atoms with Gasteiger partial charge in [-0.2, -0.15) is 0 Å². The van der Waals surface area contributed by atoms with Gasteiger partial charge in [0.15, 0.2) is 5.75 Å². The highest BCUT2D eigenvalue weighted by Crippen LogP contribution is 2.39. The summed E-state index contributed by atoms with van der Waals surface area (Å²) < 4.78 is 11.5. The van der Waals surface area contributed by atoms with Gasteiger partial charge in [0, 0.05) is 24.1 Å². The van der Waals surface area contributed by atoms with E-state index in [0.717, 1.165) is 12.8 Å². The van der Waals surface area contributed by atoms with Gasteiger partial charge in [0.05, 0.1) is 10.0 Å². The van der Waals surface area contributed by atoms with Crippen LogP contribution in [0.2, 0.25) is 15.1 Å². The Morgan fingerprint density at radius 1 is 1.26 bits per heavy atom. The van der Waals surface area contributed by atoms with Gasteiger partial charge in [0.25, 0.3) is 0 Å². The van der Waals surface area contributed by atoms with Gasteiger partial charge in [-0.05, 0) is 18.6 Å². The molecule has 1 aromatic rings. The lowest BCUT2D eigenvalue weighted by atomic mass is 9.86. The zero-order valence-electron chi connectivity index (χ0n) is 10.5. The molecule has 106 valence electrons. The second-order valence-corrected chi connectivity index (χ2v) is 5.84. The van der Waals surface area contributed by atoms with Crippen LogP contribution in [0.15, 0.2) is 12.1 Å². The molecule has 1 aliphatic carbocycles. The van der Waals surface area contributed by atoms with E-state index in [0.29, 0.717) is 27.4 Å². The van der Waals surface area contributed by atoms with Gasteiger partial charge in [-0.3, -0.25) is 0 Å². The van der Waals surface area contributed by atoms with Gasteiger partial charge >= 0.3 is 0 Å². The van der Waals surface area contributed by atoms with Crippen molar-refractivity contribution >= 4 is 34.8 Å². The van der Waals surface area contributed by atoms with E-state index < -0.39 is 0 Å². The van der Waals surface area contributed by atoms with E-state index in [2.05, 4.69) is 0 Å². The summed E-state index contributed by atoms with van der Waals surface area (Å²) in [5, 5.41) is 1.27. The summed E-state index contributed by atoms with van der Waals surface area (Å²) in [5.74, 6) is 0.440. The van der Waals surface area contributed by atoms with Crippen molar-refractivity contribution in [3.8, 4) is 5.75 Å². The highest BCUT2D eigenvalue weighted by molar-refractivity contribution is 6.40. The lowest BCUT2D eigenvalue weighted by Gasteiger charge is -2.42. The summed E-state index contributed by atoms with van der Waals surface area (Å²) in [5.41, 5.74) is 5.92. The molecule has 1 saturated carbocycles. The minimum absolute atomic E-state index is 0.00130. The van der Waals surface area contributed by atoms with Gasteiger partial charge in [-0.1, -0.05) is 41.7 Å². The Kier molecular flexibility index (Phi) is 5.21. The summed E-state index contributed by atoms with van der Waals surface area (Å²) in [6, 6.07) is 3.21. The van der Waals surface area contributed by atoms with Crippen LogP contribution < -0.4 is 10.5 Å². The number of halogens is 3. The van der Waals surface area contributed by atoms with Crippen molar-refractivity contribution in [2.75, 3.05) is 6.61 Å². The van der Waals surface area contributed by atoms with Crippen LogP contribution in [0.4, 0.5) is 0 Å². The number of rotatable bonds is 5. The van der Waals surface area contributed by atoms with Gasteiger partial charge in [0.2, 0.25) is 0 Å². The molecule has 0 saturated heterocycles. The van der Waals surface area contributed by atoms with Crippen LogP contribution >= 0.6 is 34.8 Å². The van der Waals surface area contributed by atoms with E-state index in [-0.39, 0.29) is 18.2 Å². The minimum Gasteiger partial charge on any atom is -0.484 e. The third kappa shape index (κ3) is 3.47. The largest absolute Gasteiger partial charge is 0.484 e. The molecule has 2 rings (SSSR count). The summed E-state index contributed by atoms with van der Waals surface area (Å²) in [7, 11) is 0. The molecule has 2 N–H and O–H groups in total. The minimum atomic E-state index is -0.113. The summed E-state index contributed by atoms with van der Waals surface area (Å²) in [6.07, 6.45) is 1.45. The standard InChI is InChI=1S/C13H16Cl3NO2/c1-2-3-18-13-10(17)6-11(13)19-12-8(15)4-7(14)5-9(12)16/h4-5,10-11,13H,2-3,6,17H2,1H3. The van der Waals surface area contributed by atoms with Crippen LogP contribution in [0.3, 0.4) is 0 Å². The van der Waals surface area contributed by atoms with E-state index in [1.165, 1.54) is 0 Å². The van der Waals surface area contributed by atoms with Crippen molar-refractivity contribution < 1.29 is 9.47 Å². The number of hydrogen-bond donors (Lipinski definition) is 1. The van der Waals surface area contributed by atoms with Gasteiger partial charge in [-0.25, -0.2) is 0 Å². The number of nitrogens with two attached hydrogens (primary N) is 1. The molecular formula is C13H16Cl3NO2. The van der Waals surface area contributed by atoms with Crippen LogP contribution in [0.5, 0.6) is 5.75 Å². The average Bonchev–Trinajstić information content (AvgIpc) is 2.32. The molecule has 0 bridgehead atoms. The Morgan fingerprint density at radius 3 is 2.42 bits per heavy atom. The molecule has 0 radical (unpaired) electrons. The molecule has 19 heavy (non-hydrogen) atoms. The van der Waals surface area contributed by atoms with E-state index in [9.17, 15) is 0 Å². The first-order chi connectivity index (χ1) is 9.02. The first kappa shape index (κ1) is 15.2. The second-order valence-electron chi connectivity index (χ2n) is 4.59. The van der Waals surface area contributed by atoms with E-state index in [4.69, 9.17) is 50.0 Å². The predicted octanol–water partition coefficient (Wildman–Crippen LogP) is 3.92. The number of hydrogen-bond acceptors (Lipinski definition) is 3. The van der Waals surface area contributed by atoms with E-state index in [1.54, 1.807) is 12.1 Å². The second kappa shape index (κ2) is 6.51. The van der Waals surface area contributed by atoms with E-state index >= 15 is 0 Å². The Balaban J connectivity index is 2.05. The van der Waals surface area contributed by atoms with Crippen molar-refractivity contribution in [3.05, 3.63) is 27.2 Å². The molecule has 1 fully saturated rings. The van der Waals surface area contributed by atoms with Crippen molar-refractivity contribution in [2.24, 2.45) is 5.73 Å². The van der Waals surface area contributed by atoms with Crippen molar-refractivity contribution in [3.63, 3.8) is 0 Å². The van der Waals surface area contributed by atoms with Crippen LogP contribution in [0.25, 0.3) is 0 Å². The molecule has 1 aromatic carbocycles. The highest BCUT2D eigenvalue weighted by Gasteiger charge is 2.42. The SMILES string of the molecule is CCCOC1C(N)CC1Oc1c(Cl)cc(Cl)cc1Cl. The first-order valence-corrected chi connectivity index (χ1v) is 7.34. The topological polar surface area (TPSA) is 44.5 Å². The molecular weight excluding hydrogens is 309 g/mol. The summed E-state index contributed by atoms with van der Waals surface area (Å²) in [4.78, 5) is 0. The molecule has 3 nitrogen and oxygen atoms in total. The van der Waals surface area contributed by atoms with Crippen LogP contribution in [0.1, 0.15) is 19.8 Å². The first-order valence-electron chi connectivity index (χ1n) is 6.21. The maximum absolute atomic E-state index is 6.08. The molecule has 1 aliphatic rings. The third-order valence-corrected chi connectivity index (χ3v) is 3.82. The maximum Gasteiger partial charge on any atom is 0.157 e. The molecule has 3 atom stereocenters. The molecule has 3 unspecified atom stereocenters. The molecule has 0 aliphatic heterocycles. The predicted molar refractivity (Wildman–Crippen MR) is 78.5 cm³/mol. The fourth-order valence-corrected chi connectivity index (χ4v) is 2.92. The summed E-state index contributed by atoms with van der Waals surface area (Å²) in [6.45, 7) is 2.72. The van der Waals surface area contributed by atoms with Crippen molar-refractivity contribution in [1.82, 2.24) is 0 Å². The zero-order chi connectivity index (χ0) is 14.0. The molecule has 0 heterocycles. The Bertz CT molecular complexity index is 433. The monoisotopic (exact) mass is 323 g/mol. The van der Waals surface area contributed by atoms with Gasteiger partial charge in [0.1, 0.15) is 12.2 Å². The van der Waals surface area contributed by atoms with Crippen molar-refractivity contribution in [1.29, 1.82) is 0 Å². The molecule has 0 amide bonds. The Labute approximate surface area is 127 Å². The molecule has 0 aromatic heterocycles.